The normalized spacial score (nSPS) is 11.0. The number of carbonyl (C=O) groups is 1. The molecule has 2 aromatic carbocycles. The summed E-state index contributed by atoms with van der Waals surface area (Å²) in [5.74, 6) is -1.60. The zero-order chi connectivity index (χ0) is 26.9. The SMILES string of the molecule is O=C(Nc1ccc(Oc2cc(-c3cn[nH]c3)cn3nccc23)c(F)c1)c1cccn(-c2ccc(F)cc2)c1=O. The Balaban J connectivity index is 1.25. The first-order valence-electron chi connectivity index (χ1n) is 11.7. The number of hydrogen-bond acceptors (Lipinski definition) is 5. The molecule has 0 fully saturated rings. The zero-order valence-corrected chi connectivity index (χ0v) is 20.0. The summed E-state index contributed by atoms with van der Waals surface area (Å²) in [5, 5.41) is 13.5. The largest absolute Gasteiger partial charge is 0.452 e. The van der Waals surface area contributed by atoms with Gasteiger partial charge in [-0.2, -0.15) is 10.2 Å². The van der Waals surface area contributed by atoms with Gasteiger partial charge in [0.05, 0.1) is 12.4 Å². The molecule has 0 aliphatic carbocycles. The van der Waals surface area contributed by atoms with Gasteiger partial charge in [-0.05, 0) is 60.7 Å². The van der Waals surface area contributed by atoms with Crippen molar-refractivity contribution in [1.82, 2.24) is 24.4 Å². The van der Waals surface area contributed by atoms with Crippen LogP contribution in [-0.2, 0) is 0 Å². The average Bonchev–Trinajstić information content (AvgIpc) is 3.63. The Morgan fingerprint density at radius 1 is 0.974 bits per heavy atom. The maximum absolute atomic E-state index is 15.1. The van der Waals surface area contributed by atoms with E-state index in [9.17, 15) is 14.0 Å². The monoisotopic (exact) mass is 524 g/mol. The number of nitrogens with zero attached hydrogens (tertiary/aromatic N) is 4. The molecule has 0 aliphatic heterocycles. The molecule has 0 radical (unpaired) electrons. The molecule has 1 amide bonds. The Morgan fingerprint density at radius 2 is 1.82 bits per heavy atom. The van der Waals surface area contributed by atoms with E-state index in [-0.39, 0.29) is 17.0 Å². The predicted molar refractivity (Wildman–Crippen MR) is 139 cm³/mol. The van der Waals surface area contributed by atoms with Crippen LogP contribution in [0.25, 0.3) is 22.3 Å². The van der Waals surface area contributed by atoms with Crippen LogP contribution < -0.4 is 15.6 Å². The maximum atomic E-state index is 15.1. The zero-order valence-electron chi connectivity index (χ0n) is 20.0. The van der Waals surface area contributed by atoms with E-state index in [1.807, 2.05) is 0 Å². The number of nitrogens with one attached hydrogen (secondary N) is 2. The van der Waals surface area contributed by atoms with Crippen LogP contribution in [-0.4, -0.2) is 30.3 Å². The summed E-state index contributed by atoms with van der Waals surface area (Å²) < 4.78 is 37.1. The van der Waals surface area contributed by atoms with Crippen LogP contribution in [0.1, 0.15) is 10.4 Å². The van der Waals surface area contributed by atoms with Crippen molar-refractivity contribution in [3.8, 4) is 28.3 Å². The van der Waals surface area contributed by atoms with Crippen molar-refractivity contribution in [1.29, 1.82) is 0 Å². The number of H-pyrrole nitrogens is 1. The third-order valence-corrected chi connectivity index (χ3v) is 6.01. The fourth-order valence-corrected chi connectivity index (χ4v) is 4.09. The molecule has 0 atom stereocenters. The smallest absolute Gasteiger partial charge is 0.267 e. The van der Waals surface area contributed by atoms with Gasteiger partial charge in [-0.15, -0.1) is 0 Å². The van der Waals surface area contributed by atoms with Crippen LogP contribution in [0.4, 0.5) is 14.5 Å². The predicted octanol–water partition coefficient (Wildman–Crippen LogP) is 5.20. The van der Waals surface area contributed by atoms with E-state index in [4.69, 9.17) is 4.74 Å². The standard InChI is InChI=1S/C28H18F2N6O3/c29-19-3-6-21(7-4-19)35-11-1-2-22(28(35)38)27(37)34-20-5-8-25(23(30)13-20)39-26-12-17(18-14-31-32-15-18)16-36-24(26)9-10-33-36/h1-16H,(H,31,32)(H,34,37). The van der Waals surface area contributed by atoms with E-state index < -0.39 is 23.1 Å². The van der Waals surface area contributed by atoms with Crippen LogP contribution in [0.2, 0.25) is 0 Å². The summed E-state index contributed by atoms with van der Waals surface area (Å²) in [6, 6.07) is 15.6. The molecule has 192 valence electrons. The first kappa shape index (κ1) is 23.8. The number of rotatable bonds is 6. The fourth-order valence-electron chi connectivity index (χ4n) is 4.09. The molecule has 9 nitrogen and oxygen atoms in total. The van der Waals surface area contributed by atoms with Crippen molar-refractivity contribution in [2.24, 2.45) is 0 Å². The topological polar surface area (TPSA) is 106 Å². The second kappa shape index (κ2) is 9.71. The van der Waals surface area contributed by atoms with Gasteiger partial charge in [0.1, 0.15) is 16.9 Å². The van der Waals surface area contributed by atoms with E-state index in [0.29, 0.717) is 17.0 Å². The molecule has 0 spiro atoms. The molecule has 0 bridgehead atoms. The molecule has 39 heavy (non-hydrogen) atoms. The molecule has 2 N–H and O–H groups in total. The molecule has 6 rings (SSSR count). The van der Waals surface area contributed by atoms with E-state index in [1.54, 1.807) is 41.4 Å². The van der Waals surface area contributed by atoms with Crippen LogP contribution in [0.15, 0.2) is 103 Å². The molecule has 4 aromatic heterocycles. The second-order valence-electron chi connectivity index (χ2n) is 8.52. The van der Waals surface area contributed by atoms with E-state index in [0.717, 1.165) is 17.2 Å². The van der Waals surface area contributed by atoms with Gasteiger partial charge in [-0.3, -0.25) is 19.3 Å². The van der Waals surface area contributed by atoms with Crippen molar-refractivity contribution in [2.75, 3.05) is 5.32 Å². The minimum absolute atomic E-state index is 0.0705. The van der Waals surface area contributed by atoms with Crippen molar-refractivity contribution < 1.29 is 18.3 Å². The summed E-state index contributed by atoms with van der Waals surface area (Å²) >= 11 is 0. The van der Waals surface area contributed by atoms with Crippen molar-refractivity contribution in [2.45, 2.75) is 0 Å². The van der Waals surface area contributed by atoms with E-state index in [1.165, 1.54) is 59.3 Å². The molecular formula is C28H18F2N6O3. The van der Waals surface area contributed by atoms with Crippen molar-refractivity contribution in [3.63, 3.8) is 0 Å². The summed E-state index contributed by atoms with van der Waals surface area (Å²) in [5.41, 5.74) is 1.94. The van der Waals surface area contributed by atoms with Crippen LogP contribution in [0.3, 0.4) is 0 Å². The summed E-state index contributed by atoms with van der Waals surface area (Å²) in [6.07, 6.45) is 8.23. The molecule has 6 aromatic rings. The number of halogens is 2. The van der Waals surface area contributed by atoms with Crippen molar-refractivity contribution >= 4 is 17.1 Å². The summed E-state index contributed by atoms with van der Waals surface area (Å²) in [7, 11) is 0. The molecule has 0 saturated carbocycles. The number of benzene rings is 2. The van der Waals surface area contributed by atoms with Gasteiger partial charge < -0.3 is 10.1 Å². The van der Waals surface area contributed by atoms with Gasteiger partial charge in [-0.25, -0.2) is 13.3 Å². The van der Waals surface area contributed by atoms with E-state index >= 15 is 4.39 Å². The Morgan fingerprint density at radius 3 is 2.59 bits per heavy atom. The van der Waals surface area contributed by atoms with Crippen molar-refractivity contribution in [3.05, 3.63) is 125 Å². The Hall–Kier alpha value is -5.58. The Labute approximate surface area is 218 Å². The number of fused-ring (bicyclic) bond motifs is 1. The van der Waals surface area contributed by atoms with Gasteiger partial charge in [0.2, 0.25) is 0 Å². The Kier molecular flexibility index (Phi) is 5.92. The summed E-state index contributed by atoms with van der Waals surface area (Å²) in [4.78, 5) is 25.8. The van der Waals surface area contributed by atoms with Crippen LogP contribution in [0, 0.1) is 11.6 Å². The van der Waals surface area contributed by atoms with Gasteiger partial charge in [-0.1, -0.05) is 0 Å². The second-order valence-corrected chi connectivity index (χ2v) is 8.52. The lowest BCUT2D eigenvalue weighted by Crippen LogP contribution is -2.27. The molecule has 11 heteroatoms. The molecular weight excluding hydrogens is 506 g/mol. The maximum Gasteiger partial charge on any atom is 0.267 e. The first-order chi connectivity index (χ1) is 19.0. The average molecular weight is 524 g/mol. The minimum Gasteiger partial charge on any atom is -0.452 e. The third-order valence-electron chi connectivity index (χ3n) is 6.01. The van der Waals surface area contributed by atoms with Crippen LogP contribution >= 0.6 is 0 Å². The molecule has 0 saturated heterocycles. The molecule has 0 unspecified atom stereocenters. The fraction of sp³-hybridized carbons (Fsp3) is 0. The van der Waals surface area contributed by atoms with E-state index in [2.05, 4.69) is 20.6 Å². The van der Waals surface area contributed by atoms with Crippen LogP contribution in [0.5, 0.6) is 11.5 Å². The highest BCUT2D eigenvalue weighted by Gasteiger charge is 2.16. The number of aromatic amines is 1. The minimum atomic E-state index is -0.726. The number of aromatic nitrogens is 5. The van der Waals surface area contributed by atoms with Gasteiger partial charge in [0.15, 0.2) is 17.3 Å². The van der Waals surface area contributed by atoms with Gasteiger partial charge >= 0.3 is 0 Å². The quantitative estimate of drug-likeness (QED) is 0.312. The number of hydrogen-bond donors (Lipinski definition) is 2. The molecule has 4 heterocycles. The number of carbonyl (C=O) groups excluding carboxylic acids is 1. The third kappa shape index (κ3) is 4.64. The number of pyridine rings is 2. The summed E-state index contributed by atoms with van der Waals surface area (Å²) in [6.45, 7) is 0. The lowest BCUT2D eigenvalue weighted by Gasteiger charge is -2.12. The van der Waals surface area contributed by atoms with Gasteiger partial charge in [0, 0.05) is 47.2 Å². The lowest BCUT2D eigenvalue weighted by atomic mass is 10.1. The number of anilines is 1. The number of amides is 1. The lowest BCUT2D eigenvalue weighted by molar-refractivity contribution is 0.102. The van der Waals surface area contributed by atoms with Gasteiger partial charge in [0.25, 0.3) is 11.5 Å². The highest BCUT2D eigenvalue weighted by molar-refractivity contribution is 6.04. The molecule has 0 aliphatic rings. The first-order valence-corrected chi connectivity index (χ1v) is 11.7. The highest BCUT2D eigenvalue weighted by Crippen LogP contribution is 2.33. The highest BCUT2D eigenvalue weighted by atomic mass is 19.1. The Bertz CT molecular complexity index is 1880. The number of ether oxygens (including phenoxy) is 1.